The minimum absolute atomic E-state index is 0.107. The average molecular weight is 355 g/mol. The summed E-state index contributed by atoms with van der Waals surface area (Å²) in [5, 5.41) is 2.95. The molecule has 2 aromatic rings. The summed E-state index contributed by atoms with van der Waals surface area (Å²) < 4.78 is 17.0. The quantitative estimate of drug-likeness (QED) is 0.786. The number of rotatable bonds is 8. The maximum atomic E-state index is 12.4. The first-order chi connectivity index (χ1) is 12.8. The minimum atomic E-state index is -0.107. The summed E-state index contributed by atoms with van der Waals surface area (Å²) in [6, 6.07) is 15.0. The lowest BCUT2D eigenvalue weighted by atomic mass is 10.1. The maximum absolute atomic E-state index is 12.4. The normalized spacial score (nSPS) is 16.3. The molecule has 2 aromatic carbocycles. The molecule has 1 N–H and O–H groups in total. The van der Waals surface area contributed by atoms with E-state index in [2.05, 4.69) is 5.32 Å². The van der Waals surface area contributed by atoms with Crippen molar-refractivity contribution in [3.63, 3.8) is 0 Å². The zero-order valence-corrected chi connectivity index (χ0v) is 15.1. The third-order valence-electron chi connectivity index (χ3n) is 4.27. The fourth-order valence-electron chi connectivity index (χ4n) is 2.92. The summed E-state index contributed by atoms with van der Waals surface area (Å²) in [6.07, 6.45) is 2.19. The molecule has 0 bridgehead atoms. The highest BCUT2D eigenvalue weighted by molar-refractivity contribution is 5.94. The zero-order valence-electron chi connectivity index (χ0n) is 15.1. The summed E-state index contributed by atoms with van der Waals surface area (Å²) in [4.78, 5) is 12.4. The summed E-state index contributed by atoms with van der Waals surface area (Å²) in [6.45, 7) is 4.16. The molecule has 0 radical (unpaired) electrons. The van der Waals surface area contributed by atoms with Gasteiger partial charge in [-0.3, -0.25) is 4.79 Å². The first kappa shape index (κ1) is 18.3. The third-order valence-corrected chi connectivity index (χ3v) is 4.27. The van der Waals surface area contributed by atoms with Gasteiger partial charge in [-0.25, -0.2) is 0 Å². The molecule has 1 fully saturated rings. The van der Waals surface area contributed by atoms with Crippen molar-refractivity contribution in [2.45, 2.75) is 32.5 Å². The van der Waals surface area contributed by atoms with Gasteiger partial charge in [-0.15, -0.1) is 0 Å². The first-order valence-electron chi connectivity index (χ1n) is 9.09. The van der Waals surface area contributed by atoms with Crippen LogP contribution in [0.2, 0.25) is 0 Å². The van der Waals surface area contributed by atoms with Crippen LogP contribution >= 0.6 is 0 Å². The van der Waals surface area contributed by atoms with Gasteiger partial charge in [0.1, 0.15) is 18.1 Å². The van der Waals surface area contributed by atoms with Crippen LogP contribution in [0.3, 0.4) is 0 Å². The van der Waals surface area contributed by atoms with Gasteiger partial charge in [0.15, 0.2) is 0 Å². The molecule has 26 heavy (non-hydrogen) atoms. The van der Waals surface area contributed by atoms with Gasteiger partial charge in [0.05, 0.1) is 12.7 Å². The van der Waals surface area contributed by atoms with Gasteiger partial charge in [0.2, 0.25) is 0 Å². The second kappa shape index (κ2) is 9.25. The number of benzene rings is 2. The number of hydrogen-bond donors (Lipinski definition) is 1. The van der Waals surface area contributed by atoms with E-state index in [1.54, 1.807) is 6.07 Å². The number of nitrogens with one attached hydrogen (secondary N) is 1. The molecular weight excluding hydrogens is 330 g/mol. The van der Waals surface area contributed by atoms with Gasteiger partial charge >= 0.3 is 0 Å². The first-order valence-corrected chi connectivity index (χ1v) is 9.09. The second-order valence-corrected chi connectivity index (χ2v) is 6.20. The van der Waals surface area contributed by atoms with E-state index in [0.717, 1.165) is 36.5 Å². The summed E-state index contributed by atoms with van der Waals surface area (Å²) in [5.41, 5.74) is 1.44. The Morgan fingerprint density at radius 3 is 2.77 bits per heavy atom. The predicted molar refractivity (Wildman–Crippen MR) is 99.7 cm³/mol. The van der Waals surface area contributed by atoms with Crippen molar-refractivity contribution in [2.75, 3.05) is 19.8 Å². The smallest absolute Gasteiger partial charge is 0.251 e. The van der Waals surface area contributed by atoms with Crippen LogP contribution in [-0.2, 0) is 11.3 Å². The average Bonchev–Trinajstić information content (AvgIpc) is 3.20. The molecule has 5 nitrogen and oxygen atoms in total. The Morgan fingerprint density at radius 2 is 2.04 bits per heavy atom. The Kier molecular flexibility index (Phi) is 6.50. The Hall–Kier alpha value is -2.53. The Labute approximate surface area is 154 Å². The zero-order chi connectivity index (χ0) is 18.2. The highest BCUT2D eigenvalue weighted by atomic mass is 16.5. The van der Waals surface area contributed by atoms with Crippen LogP contribution in [-0.4, -0.2) is 31.8 Å². The van der Waals surface area contributed by atoms with Crippen molar-refractivity contribution in [1.29, 1.82) is 0 Å². The van der Waals surface area contributed by atoms with Gasteiger partial charge in [-0.1, -0.05) is 18.2 Å². The molecule has 1 unspecified atom stereocenters. The van der Waals surface area contributed by atoms with Crippen LogP contribution in [0.15, 0.2) is 48.5 Å². The molecule has 0 spiro atoms. The molecule has 1 saturated heterocycles. The van der Waals surface area contributed by atoms with Crippen LogP contribution < -0.4 is 14.8 Å². The van der Waals surface area contributed by atoms with E-state index in [4.69, 9.17) is 14.2 Å². The molecule has 1 amide bonds. The number of para-hydroxylation sites is 1. The number of carbonyl (C=O) groups excluding carboxylic acids is 1. The van der Waals surface area contributed by atoms with E-state index in [9.17, 15) is 4.79 Å². The summed E-state index contributed by atoms with van der Waals surface area (Å²) in [5.74, 6) is 1.41. The highest BCUT2D eigenvalue weighted by Gasteiger charge is 2.17. The van der Waals surface area contributed by atoms with Gasteiger partial charge in [-0.05, 0) is 50.1 Å². The van der Waals surface area contributed by atoms with Crippen LogP contribution in [0.25, 0.3) is 0 Å². The molecular formula is C21H25NO4. The van der Waals surface area contributed by atoms with Gasteiger partial charge in [-0.2, -0.15) is 0 Å². The SMILES string of the molecule is CCOc1ccc(C(=O)NCC2CCCO2)cc1COc1ccccc1. The van der Waals surface area contributed by atoms with Gasteiger partial charge in [0, 0.05) is 24.3 Å². The van der Waals surface area contributed by atoms with Crippen LogP contribution in [0.1, 0.15) is 35.7 Å². The van der Waals surface area contributed by atoms with Crippen molar-refractivity contribution >= 4 is 5.91 Å². The van der Waals surface area contributed by atoms with Crippen molar-refractivity contribution in [1.82, 2.24) is 5.32 Å². The topological polar surface area (TPSA) is 56.8 Å². The third kappa shape index (κ3) is 4.99. The fraction of sp³-hybridized carbons (Fsp3) is 0.381. The van der Waals surface area contributed by atoms with Crippen molar-refractivity contribution < 1.29 is 19.0 Å². The number of hydrogen-bond acceptors (Lipinski definition) is 4. The summed E-state index contributed by atoms with van der Waals surface area (Å²) >= 11 is 0. The molecule has 5 heteroatoms. The van der Waals surface area contributed by atoms with Crippen molar-refractivity contribution in [3.05, 3.63) is 59.7 Å². The molecule has 0 aromatic heterocycles. The molecule has 1 heterocycles. The van der Waals surface area contributed by atoms with Crippen LogP contribution in [0.5, 0.6) is 11.5 Å². The molecule has 1 aliphatic rings. The molecule has 1 aliphatic heterocycles. The monoisotopic (exact) mass is 355 g/mol. The van der Waals surface area contributed by atoms with Crippen LogP contribution in [0.4, 0.5) is 0 Å². The second-order valence-electron chi connectivity index (χ2n) is 6.20. The number of carbonyl (C=O) groups is 1. The Balaban J connectivity index is 1.67. The fourth-order valence-corrected chi connectivity index (χ4v) is 2.92. The standard InChI is InChI=1S/C21H25NO4/c1-2-24-20-11-10-16(21(23)22-14-19-9-6-12-25-19)13-17(20)15-26-18-7-4-3-5-8-18/h3-5,7-8,10-11,13,19H,2,6,9,12,14-15H2,1H3,(H,22,23). The minimum Gasteiger partial charge on any atom is -0.493 e. The van der Waals surface area contributed by atoms with Gasteiger partial charge in [0.25, 0.3) is 5.91 Å². The van der Waals surface area contributed by atoms with Gasteiger partial charge < -0.3 is 19.5 Å². The lowest BCUT2D eigenvalue weighted by Gasteiger charge is -2.14. The number of amides is 1. The van der Waals surface area contributed by atoms with Crippen LogP contribution in [0, 0.1) is 0 Å². The van der Waals surface area contributed by atoms with E-state index in [1.807, 2.05) is 49.4 Å². The molecule has 138 valence electrons. The van der Waals surface area contributed by atoms with E-state index < -0.39 is 0 Å². The molecule has 3 rings (SSSR count). The van der Waals surface area contributed by atoms with E-state index in [-0.39, 0.29) is 12.0 Å². The molecule has 1 atom stereocenters. The summed E-state index contributed by atoms with van der Waals surface area (Å²) in [7, 11) is 0. The van der Waals surface area contributed by atoms with E-state index in [0.29, 0.717) is 25.3 Å². The molecule has 0 saturated carbocycles. The number of ether oxygens (including phenoxy) is 3. The predicted octanol–water partition coefficient (Wildman–Crippen LogP) is 3.57. The largest absolute Gasteiger partial charge is 0.493 e. The lowest BCUT2D eigenvalue weighted by Crippen LogP contribution is -2.31. The maximum Gasteiger partial charge on any atom is 0.251 e. The Bertz CT molecular complexity index is 711. The van der Waals surface area contributed by atoms with Crippen molar-refractivity contribution in [2.24, 2.45) is 0 Å². The highest BCUT2D eigenvalue weighted by Crippen LogP contribution is 2.23. The Morgan fingerprint density at radius 1 is 1.19 bits per heavy atom. The molecule has 0 aliphatic carbocycles. The van der Waals surface area contributed by atoms with E-state index in [1.165, 1.54) is 0 Å². The lowest BCUT2D eigenvalue weighted by molar-refractivity contribution is 0.0857. The van der Waals surface area contributed by atoms with E-state index >= 15 is 0 Å². The van der Waals surface area contributed by atoms with Crippen molar-refractivity contribution in [3.8, 4) is 11.5 Å².